The molecule has 0 saturated heterocycles. The van der Waals surface area contributed by atoms with Crippen molar-refractivity contribution in [1.29, 1.82) is 0 Å². The molecule has 2 aromatic carbocycles. The van der Waals surface area contributed by atoms with Gasteiger partial charge < -0.3 is 10.5 Å². The summed E-state index contributed by atoms with van der Waals surface area (Å²) in [5.74, 6) is 0.390. The van der Waals surface area contributed by atoms with E-state index in [1.165, 1.54) is 22.6 Å². The van der Waals surface area contributed by atoms with E-state index in [0.29, 0.717) is 5.75 Å². The van der Waals surface area contributed by atoms with Crippen LogP contribution in [0.15, 0.2) is 35.2 Å². The number of hydrogen-bond acceptors (Lipinski definition) is 4. The van der Waals surface area contributed by atoms with E-state index >= 15 is 0 Å². The number of hydrogen-bond donors (Lipinski definition) is 1. The third kappa shape index (κ3) is 4.67. The highest BCUT2D eigenvalue weighted by Crippen LogP contribution is 2.35. The van der Waals surface area contributed by atoms with E-state index in [1.54, 1.807) is 0 Å². The zero-order valence-electron chi connectivity index (χ0n) is 15.9. The van der Waals surface area contributed by atoms with Crippen LogP contribution in [-0.4, -0.2) is 19.4 Å². The Balaban J connectivity index is 2.24. The topological polar surface area (TPSA) is 52.3 Å². The van der Waals surface area contributed by atoms with Crippen LogP contribution in [0.5, 0.6) is 5.75 Å². The first kappa shape index (κ1) is 19.6. The molecule has 0 heterocycles. The molecule has 3 nitrogen and oxygen atoms in total. The molecule has 0 bridgehead atoms. The lowest BCUT2D eigenvalue weighted by Crippen LogP contribution is -2.44. The molecule has 0 amide bonds. The van der Waals surface area contributed by atoms with Gasteiger partial charge in [0.2, 0.25) is 0 Å². The van der Waals surface area contributed by atoms with Crippen LogP contribution in [0, 0.1) is 20.8 Å². The maximum absolute atomic E-state index is 11.3. The summed E-state index contributed by atoms with van der Waals surface area (Å²) in [6, 6.07) is 10.3. The zero-order chi connectivity index (χ0) is 18.8. The van der Waals surface area contributed by atoms with Crippen molar-refractivity contribution in [2.75, 3.05) is 11.1 Å². The summed E-state index contributed by atoms with van der Waals surface area (Å²) in [6.07, 6.45) is 0. The summed E-state index contributed by atoms with van der Waals surface area (Å²) in [7, 11) is -1.57. The molecule has 0 fully saturated rings. The van der Waals surface area contributed by atoms with Crippen LogP contribution in [0.3, 0.4) is 0 Å². The third-order valence-corrected chi connectivity index (χ3v) is 10.8. The number of nitrogen functional groups attached to an aromatic ring is 1. The average molecular weight is 374 g/mol. The van der Waals surface area contributed by atoms with Crippen molar-refractivity contribution in [3.8, 4) is 5.75 Å². The Bertz CT molecular complexity index is 785. The van der Waals surface area contributed by atoms with E-state index in [2.05, 4.69) is 39.1 Å². The number of carbonyl (C=O) groups is 1. The molecule has 0 aromatic heterocycles. The van der Waals surface area contributed by atoms with Crippen LogP contribution >= 0.6 is 11.8 Å². The number of carbonyl (C=O) groups excluding carboxylic acids is 1. The standard InChI is InChI=1S/C20H27NO2SSi/c1-13-11-19(23-16(4)22)14(2)15(3)20(13)24-12-25(5,6)18-9-7-17(21)8-10-18/h7-11H,12,21H2,1-6H3. The van der Waals surface area contributed by atoms with Gasteiger partial charge in [0.25, 0.3) is 0 Å². The van der Waals surface area contributed by atoms with Gasteiger partial charge in [-0.1, -0.05) is 30.4 Å². The van der Waals surface area contributed by atoms with Gasteiger partial charge in [0, 0.05) is 17.5 Å². The first-order chi connectivity index (χ1) is 11.6. The molecule has 5 heteroatoms. The van der Waals surface area contributed by atoms with Gasteiger partial charge in [-0.05, 0) is 61.0 Å². The Kier molecular flexibility index (Phi) is 6.01. The van der Waals surface area contributed by atoms with Crippen LogP contribution in [-0.2, 0) is 4.79 Å². The molecule has 0 radical (unpaired) electrons. The molecule has 2 rings (SSSR count). The van der Waals surface area contributed by atoms with Crippen molar-refractivity contribution in [1.82, 2.24) is 0 Å². The van der Waals surface area contributed by atoms with Crippen molar-refractivity contribution < 1.29 is 9.53 Å². The first-order valence-electron chi connectivity index (χ1n) is 8.40. The summed E-state index contributed by atoms with van der Waals surface area (Å²) in [5, 5.41) is 2.50. The summed E-state index contributed by atoms with van der Waals surface area (Å²) in [6.45, 7) is 12.4. The van der Waals surface area contributed by atoms with Crippen molar-refractivity contribution in [3.63, 3.8) is 0 Å². The van der Waals surface area contributed by atoms with E-state index in [-0.39, 0.29) is 5.97 Å². The Morgan fingerprint density at radius 3 is 2.28 bits per heavy atom. The summed E-state index contributed by atoms with van der Waals surface area (Å²) in [5.41, 5.74) is 10.0. The highest BCUT2D eigenvalue weighted by molar-refractivity contribution is 8.01. The van der Waals surface area contributed by atoms with E-state index < -0.39 is 8.07 Å². The lowest BCUT2D eigenvalue weighted by atomic mass is 10.1. The van der Waals surface area contributed by atoms with Gasteiger partial charge in [-0.3, -0.25) is 4.79 Å². The summed E-state index contributed by atoms with van der Waals surface area (Å²) in [4.78, 5) is 12.6. The molecular formula is C20H27NO2SSi. The molecule has 0 saturated carbocycles. The molecule has 0 aliphatic carbocycles. The van der Waals surface area contributed by atoms with Crippen molar-refractivity contribution in [2.45, 2.75) is 45.7 Å². The van der Waals surface area contributed by atoms with Crippen LogP contribution in [0.25, 0.3) is 0 Å². The summed E-state index contributed by atoms with van der Waals surface area (Å²) < 4.78 is 5.34. The number of anilines is 1. The Morgan fingerprint density at radius 2 is 1.72 bits per heavy atom. The predicted molar refractivity (Wildman–Crippen MR) is 111 cm³/mol. The first-order valence-corrected chi connectivity index (χ1v) is 12.6. The number of aryl methyl sites for hydroxylation is 1. The minimum absolute atomic E-state index is 0.279. The fourth-order valence-electron chi connectivity index (χ4n) is 2.77. The molecule has 0 aliphatic rings. The van der Waals surface area contributed by atoms with Gasteiger partial charge in [-0.15, -0.1) is 11.8 Å². The molecule has 0 unspecified atom stereocenters. The fraction of sp³-hybridized carbons (Fsp3) is 0.350. The van der Waals surface area contributed by atoms with E-state index in [0.717, 1.165) is 22.2 Å². The minimum Gasteiger partial charge on any atom is -0.426 e. The van der Waals surface area contributed by atoms with Gasteiger partial charge in [0.05, 0.1) is 8.07 Å². The lowest BCUT2D eigenvalue weighted by molar-refractivity contribution is -0.131. The average Bonchev–Trinajstić information content (AvgIpc) is 2.52. The third-order valence-electron chi connectivity index (χ3n) is 4.50. The largest absolute Gasteiger partial charge is 0.426 e. The molecule has 2 N–H and O–H groups in total. The number of esters is 1. The van der Waals surface area contributed by atoms with Gasteiger partial charge >= 0.3 is 5.97 Å². The molecule has 2 aromatic rings. The van der Waals surface area contributed by atoms with Gasteiger partial charge in [0.15, 0.2) is 0 Å². The maximum atomic E-state index is 11.3. The molecule has 25 heavy (non-hydrogen) atoms. The number of thioether (sulfide) groups is 1. The fourth-order valence-corrected chi connectivity index (χ4v) is 7.19. The zero-order valence-corrected chi connectivity index (χ0v) is 17.7. The molecule has 0 spiro atoms. The second kappa shape index (κ2) is 7.66. The van der Waals surface area contributed by atoms with Gasteiger partial charge in [0.1, 0.15) is 5.75 Å². The number of ether oxygens (including phenoxy) is 1. The van der Waals surface area contributed by atoms with E-state index in [4.69, 9.17) is 10.5 Å². The Labute approximate surface area is 156 Å². The Hall–Kier alpha value is -1.72. The number of rotatable bonds is 5. The van der Waals surface area contributed by atoms with Crippen molar-refractivity contribution in [2.24, 2.45) is 0 Å². The SMILES string of the molecule is CC(=O)Oc1cc(C)c(SC[Si](C)(C)c2ccc(N)cc2)c(C)c1C. The van der Waals surface area contributed by atoms with E-state index in [9.17, 15) is 4.79 Å². The highest BCUT2D eigenvalue weighted by atomic mass is 32.2. The quantitative estimate of drug-likeness (QED) is 0.278. The lowest BCUT2D eigenvalue weighted by Gasteiger charge is -2.24. The molecule has 0 aliphatic heterocycles. The molecule has 134 valence electrons. The second-order valence-corrected chi connectivity index (χ2v) is 13.4. The monoisotopic (exact) mass is 373 g/mol. The highest BCUT2D eigenvalue weighted by Gasteiger charge is 2.25. The van der Waals surface area contributed by atoms with Crippen LogP contribution < -0.4 is 15.7 Å². The Morgan fingerprint density at radius 1 is 1.12 bits per heavy atom. The number of nitrogens with two attached hydrogens (primary N) is 1. The molecule has 0 atom stereocenters. The molecular weight excluding hydrogens is 346 g/mol. The van der Waals surface area contributed by atoms with Crippen LogP contribution in [0.4, 0.5) is 5.69 Å². The van der Waals surface area contributed by atoms with Crippen LogP contribution in [0.1, 0.15) is 23.6 Å². The van der Waals surface area contributed by atoms with Crippen LogP contribution in [0.2, 0.25) is 13.1 Å². The maximum Gasteiger partial charge on any atom is 0.308 e. The smallest absolute Gasteiger partial charge is 0.308 e. The van der Waals surface area contributed by atoms with E-state index in [1.807, 2.05) is 36.9 Å². The van der Waals surface area contributed by atoms with Crippen molar-refractivity contribution >= 4 is 36.7 Å². The van der Waals surface area contributed by atoms with Gasteiger partial charge in [-0.25, -0.2) is 0 Å². The van der Waals surface area contributed by atoms with Gasteiger partial charge in [-0.2, -0.15) is 0 Å². The minimum atomic E-state index is -1.57. The second-order valence-electron chi connectivity index (χ2n) is 7.16. The predicted octanol–water partition coefficient (Wildman–Crippen LogP) is 4.37. The number of benzene rings is 2. The summed E-state index contributed by atoms with van der Waals surface area (Å²) >= 11 is 1.91. The van der Waals surface area contributed by atoms with Crippen molar-refractivity contribution in [3.05, 3.63) is 47.0 Å². The normalized spacial score (nSPS) is 11.4.